The highest BCUT2D eigenvalue weighted by Gasteiger charge is 2.42. The molecule has 2 aliphatic heterocycles. The minimum atomic E-state index is -3.70. The van der Waals surface area contributed by atoms with Crippen LogP contribution in [0, 0.1) is 0 Å². The van der Waals surface area contributed by atoms with Crippen LogP contribution in [0.5, 0.6) is 5.75 Å². The Kier molecular flexibility index (Phi) is 5.31. The molecule has 8 heteroatoms. The molecule has 1 amide bonds. The van der Waals surface area contributed by atoms with Gasteiger partial charge in [-0.2, -0.15) is 17.4 Å². The number of likely N-dealkylation sites (tertiary alicyclic amines) is 1. The topological polar surface area (TPSA) is 79.0 Å². The van der Waals surface area contributed by atoms with Crippen molar-refractivity contribution in [1.82, 2.24) is 13.9 Å². The normalized spacial score (nSPS) is 27.0. The second-order valence-corrected chi connectivity index (χ2v) is 8.36. The number of piperidine rings is 1. The molecule has 0 spiro atoms. The Labute approximate surface area is 149 Å². The molecule has 0 radical (unpaired) electrons. The number of carbonyl (C=O) groups is 1. The summed E-state index contributed by atoms with van der Waals surface area (Å²) in [7, 11) is -0.647. The van der Waals surface area contributed by atoms with Gasteiger partial charge >= 0.3 is 0 Å². The number of amides is 1. The maximum Gasteiger partial charge on any atom is 0.280 e. The van der Waals surface area contributed by atoms with Gasteiger partial charge in [0.05, 0.1) is 7.11 Å². The van der Waals surface area contributed by atoms with Crippen molar-refractivity contribution in [3.8, 4) is 5.75 Å². The maximum absolute atomic E-state index is 12.9. The Hall–Kier alpha value is -1.64. The zero-order chi connectivity index (χ0) is 18.0. The van der Waals surface area contributed by atoms with E-state index in [1.807, 2.05) is 12.1 Å². The number of nitrogens with zero attached hydrogens (tertiary/aromatic N) is 2. The summed E-state index contributed by atoms with van der Waals surface area (Å²) < 4.78 is 34.0. The predicted octanol–water partition coefficient (Wildman–Crippen LogP) is 1.29. The molecular weight excluding hydrogens is 342 g/mol. The van der Waals surface area contributed by atoms with Gasteiger partial charge in [-0.05, 0) is 43.4 Å². The molecule has 25 heavy (non-hydrogen) atoms. The molecule has 0 unspecified atom stereocenters. The maximum atomic E-state index is 12.9. The Bertz CT molecular complexity index is 714. The summed E-state index contributed by atoms with van der Waals surface area (Å²) in [6.07, 6.45) is 3.50. The van der Waals surface area contributed by atoms with Crippen LogP contribution in [0.2, 0.25) is 0 Å². The summed E-state index contributed by atoms with van der Waals surface area (Å²) in [6, 6.07) is 6.16. The molecule has 2 atom stereocenters. The van der Waals surface area contributed by atoms with Crippen LogP contribution in [0.3, 0.4) is 0 Å². The van der Waals surface area contributed by atoms with Crippen LogP contribution in [0.25, 0.3) is 0 Å². The van der Waals surface area contributed by atoms with Crippen molar-refractivity contribution < 1.29 is 17.9 Å². The van der Waals surface area contributed by atoms with Gasteiger partial charge in [0.2, 0.25) is 5.91 Å². The molecule has 2 saturated heterocycles. The van der Waals surface area contributed by atoms with E-state index in [0.29, 0.717) is 25.3 Å². The number of ether oxygens (including phenoxy) is 1. The summed E-state index contributed by atoms with van der Waals surface area (Å²) in [5, 5.41) is 0. The fourth-order valence-corrected chi connectivity index (χ4v) is 4.74. The lowest BCUT2D eigenvalue weighted by Crippen LogP contribution is -2.58. The zero-order valence-corrected chi connectivity index (χ0v) is 15.5. The Balaban J connectivity index is 1.83. The van der Waals surface area contributed by atoms with Crippen LogP contribution in [0.1, 0.15) is 37.3 Å². The molecule has 2 heterocycles. The lowest BCUT2D eigenvalue weighted by atomic mass is 9.98. The van der Waals surface area contributed by atoms with Gasteiger partial charge in [-0.25, -0.2) is 0 Å². The number of methoxy groups -OCH3 is 1. The van der Waals surface area contributed by atoms with Gasteiger partial charge in [-0.1, -0.05) is 12.1 Å². The number of benzene rings is 1. The highest BCUT2D eigenvalue weighted by atomic mass is 32.2. The van der Waals surface area contributed by atoms with Crippen molar-refractivity contribution in [2.45, 2.75) is 37.8 Å². The molecule has 1 N–H and O–H groups in total. The molecule has 0 aromatic heterocycles. The minimum absolute atomic E-state index is 0.0919. The van der Waals surface area contributed by atoms with Gasteiger partial charge in [0.25, 0.3) is 10.2 Å². The number of hydrogen-bond donors (Lipinski definition) is 1. The Morgan fingerprint density at radius 3 is 2.40 bits per heavy atom. The first kappa shape index (κ1) is 18.2. The summed E-state index contributed by atoms with van der Waals surface area (Å²) in [5.41, 5.74) is 0.828. The Morgan fingerprint density at radius 2 is 1.80 bits per heavy atom. The molecular formula is C17H25N3O4S. The molecule has 0 aliphatic carbocycles. The van der Waals surface area contributed by atoms with E-state index in [0.717, 1.165) is 24.8 Å². The molecule has 2 aliphatic rings. The first-order valence-electron chi connectivity index (χ1n) is 8.60. The van der Waals surface area contributed by atoms with E-state index in [1.165, 1.54) is 11.4 Å². The molecule has 0 saturated carbocycles. The van der Waals surface area contributed by atoms with Crippen LogP contribution >= 0.6 is 0 Å². The van der Waals surface area contributed by atoms with Crippen LogP contribution in [0.15, 0.2) is 24.3 Å². The predicted molar refractivity (Wildman–Crippen MR) is 94.4 cm³/mol. The number of likely N-dealkylation sites (N-methyl/N-ethyl adjacent to an activating group) is 1. The number of carbonyl (C=O) groups excluding carboxylic acids is 1. The minimum Gasteiger partial charge on any atom is -0.497 e. The average Bonchev–Trinajstić information content (AvgIpc) is 2.64. The summed E-state index contributed by atoms with van der Waals surface area (Å²) >= 11 is 0. The molecule has 138 valence electrons. The fraction of sp³-hybridized carbons (Fsp3) is 0.588. The monoisotopic (exact) mass is 367 g/mol. The molecule has 1 aromatic carbocycles. The number of nitrogens with one attached hydrogen (secondary N) is 1. The van der Waals surface area contributed by atoms with Gasteiger partial charge in [0.1, 0.15) is 11.8 Å². The highest BCUT2D eigenvalue weighted by molar-refractivity contribution is 7.87. The van der Waals surface area contributed by atoms with E-state index in [9.17, 15) is 13.2 Å². The third-order valence-electron chi connectivity index (χ3n) is 5.04. The third kappa shape index (κ3) is 3.80. The van der Waals surface area contributed by atoms with Crippen molar-refractivity contribution in [1.29, 1.82) is 0 Å². The first-order valence-corrected chi connectivity index (χ1v) is 10.0. The molecule has 7 nitrogen and oxygen atoms in total. The lowest BCUT2D eigenvalue weighted by molar-refractivity contribution is -0.136. The van der Waals surface area contributed by atoms with Crippen LogP contribution in [0.4, 0.5) is 0 Å². The largest absolute Gasteiger partial charge is 0.497 e. The smallest absolute Gasteiger partial charge is 0.280 e. The number of hydrogen-bond acceptors (Lipinski definition) is 4. The second kappa shape index (κ2) is 7.31. The van der Waals surface area contributed by atoms with Crippen molar-refractivity contribution in [3.63, 3.8) is 0 Å². The van der Waals surface area contributed by atoms with E-state index in [2.05, 4.69) is 4.72 Å². The fourth-order valence-electron chi connectivity index (χ4n) is 3.47. The van der Waals surface area contributed by atoms with Crippen molar-refractivity contribution in [2.24, 2.45) is 0 Å². The van der Waals surface area contributed by atoms with E-state index >= 15 is 0 Å². The first-order chi connectivity index (χ1) is 11.9. The summed E-state index contributed by atoms with van der Waals surface area (Å²) in [6.45, 7) is 1.42. The third-order valence-corrected chi connectivity index (χ3v) is 6.63. The van der Waals surface area contributed by atoms with E-state index in [4.69, 9.17) is 4.74 Å². The van der Waals surface area contributed by atoms with Crippen LogP contribution in [-0.4, -0.2) is 56.8 Å². The molecule has 1 aromatic rings. The SMILES string of the molecule is COc1ccc([C@@H]2C[C@H](C(=O)N3CCCCC3)N(C)S(=O)(=O)N2)cc1. The van der Waals surface area contributed by atoms with E-state index < -0.39 is 22.3 Å². The Morgan fingerprint density at radius 1 is 1.16 bits per heavy atom. The second-order valence-electron chi connectivity index (χ2n) is 6.60. The van der Waals surface area contributed by atoms with E-state index in [1.54, 1.807) is 24.1 Å². The molecule has 3 rings (SSSR count). The van der Waals surface area contributed by atoms with Gasteiger partial charge < -0.3 is 9.64 Å². The summed E-state index contributed by atoms with van der Waals surface area (Å²) in [5.74, 6) is 0.617. The van der Waals surface area contributed by atoms with Crippen LogP contribution < -0.4 is 9.46 Å². The quantitative estimate of drug-likeness (QED) is 0.873. The highest BCUT2D eigenvalue weighted by Crippen LogP contribution is 2.30. The van der Waals surface area contributed by atoms with Gasteiger partial charge in [0, 0.05) is 26.2 Å². The average molecular weight is 367 g/mol. The van der Waals surface area contributed by atoms with Gasteiger partial charge in [0.15, 0.2) is 0 Å². The summed E-state index contributed by atoms with van der Waals surface area (Å²) in [4.78, 5) is 14.7. The standard InChI is InChI=1S/C17H25N3O4S/c1-19-16(17(21)20-10-4-3-5-11-20)12-15(18-25(19,22)23)13-6-8-14(24-2)9-7-13/h6-9,15-16,18H,3-5,10-12H2,1-2H3/t15-,16+/m0/s1. The van der Waals surface area contributed by atoms with Gasteiger partial charge in [-0.15, -0.1) is 0 Å². The van der Waals surface area contributed by atoms with E-state index in [-0.39, 0.29) is 5.91 Å². The number of rotatable bonds is 3. The van der Waals surface area contributed by atoms with Crippen molar-refractivity contribution in [2.75, 3.05) is 27.2 Å². The van der Waals surface area contributed by atoms with Gasteiger partial charge in [-0.3, -0.25) is 4.79 Å². The zero-order valence-electron chi connectivity index (χ0n) is 14.6. The van der Waals surface area contributed by atoms with Crippen molar-refractivity contribution >= 4 is 16.1 Å². The molecule has 0 bridgehead atoms. The molecule has 2 fully saturated rings. The van der Waals surface area contributed by atoms with Crippen molar-refractivity contribution in [3.05, 3.63) is 29.8 Å². The lowest BCUT2D eigenvalue weighted by Gasteiger charge is -2.39. The van der Waals surface area contributed by atoms with Crippen LogP contribution in [-0.2, 0) is 15.0 Å².